The Hall–Kier alpha value is -1.18. The molecule has 1 aromatic rings. The van der Waals surface area contributed by atoms with Gasteiger partial charge in [-0.1, -0.05) is 32.8 Å². The van der Waals surface area contributed by atoms with Crippen LogP contribution in [0.25, 0.3) is 0 Å². The zero-order valence-electron chi connectivity index (χ0n) is 9.79. The van der Waals surface area contributed by atoms with E-state index in [9.17, 15) is 5.11 Å². The summed E-state index contributed by atoms with van der Waals surface area (Å²) in [5.41, 5.74) is 1.18. The minimum Gasteiger partial charge on any atom is -0.508 e. The van der Waals surface area contributed by atoms with Gasteiger partial charge in [-0.3, -0.25) is 0 Å². The quantitative estimate of drug-likeness (QED) is 0.799. The van der Waals surface area contributed by atoms with Gasteiger partial charge in [0.2, 0.25) is 0 Å². The fraction of sp³-hybridized carbons (Fsp3) is 0.538. The number of ether oxygens (including phenoxy) is 1. The highest BCUT2D eigenvalue weighted by atomic mass is 16.5. The van der Waals surface area contributed by atoms with E-state index in [-0.39, 0.29) is 5.75 Å². The smallest absolute Gasteiger partial charge is 0.126 e. The maximum atomic E-state index is 9.35. The van der Waals surface area contributed by atoms with E-state index in [0.29, 0.717) is 5.92 Å². The van der Waals surface area contributed by atoms with Crippen molar-refractivity contribution in [3.05, 3.63) is 23.8 Å². The number of hydrogen-bond acceptors (Lipinski definition) is 2. The Bertz CT molecular complexity index is 307. The van der Waals surface area contributed by atoms with E-state index >= 15 is 0 Å². The second-order valence-electron chi connectivity index (χ2n) is 3.97. The summed E-state index contributed by atoms with van der Waals surface area (Å²) >= 11 is 0. The highest BCUT2D eigenvalue weighted by molar-refractivity contribution is 5.41. The average molecular weight is 208 g/mol. The van der Waals surface area contributed by atoms with Gasteiger partial charge < -0.3 is 9.84 Å². The molecule has 2 nitrogen and oxygen atoms in total. The molecule has 1 atom stereocenters. The first-order chi connectivity index (χ1) is 7.19. The molecule has 0 aliphatic carbocycles. The van der Waals surface area contributed by atoms with Crippen molar-refractivity contribution >= 4 is 0 Å². The lowest BCUT2D eigenvalue weighted by molar-refractivity contribution is 0.398. The molecule has 1 rings (SSSR count). The predicted octanol–water partition coefficient (Wildman–Crippen LogP) is 3.69. The van der Waals surface area contributed by atoms with Crippen LogP contribution in [0.4, 0.5) is 0 Å². The van der Waals surface area contributed by atoms with Crippen molar-refractivity contribution in [1.29, 1.82) is 0 Å². The maximum Gasteiger partial charge on any atom is 0.126 e. The molecule has 0 saturated heterocycles. The number of methoxy groups -OCH3 is 1. The topological polar surface area (TPSA) is 29.5 Å². The van der Waals surface area contributed by atoms with Crippen molar-refractivity contribution in [3.63, 3.8) is 0 Å². The molecule has 0 heterocycles. The highest BCUT2D eigenvalue weighted by Gasteiger charge is 2.11. The number of rotatable bonds is 5. The lowest BCUT2D eigenvalue weighted by Crippen LogP contribution is -1.97. The van der Waals surface area contributed by atoms with E-state index < -0.39 is 0 Å². The van der Waals surface area contributed by atoms with Crippen LogP contribution in [-0.2, 0) is 0 Å². The maximum absolute atomic E-state index is 9.35. The molecule has 0 aliphatic rings. The van der Waals surface area contributed by atoms with Crippen LogP contribution in [0.2, 0.25) is 0 Å². The van der Waals surface area contributed by atoms with Crippen LogP contribution in [0.1, 0.15) is 44.6 Å². The third kappa shape index (κ3) is 3.15. The summed E-state index contributed by atoms with van der Waals surface area (Å²) in [6.45, 7) is 4.39. The molecule has 1 aromatic carbocycles. The zero-order chi connectivity index (χ0) is 11.3. The Morgan fingerprint density at radius 1 is 1.40 bits per heavy atom. The third-order valence-electron chi connectivity index (χ3n) is 2.74. The number of phenolic OH excluding ortho intramolecular Hbond substituents is 1. The van der Waals surface area contributed by atoms with Gasteiger partial charge in [-0.05, 0) is 24.0 Å². The fourth-order valence-electron chi connectivity index (χ4n) is 1.77. The molecule has 15 heavy (non-hydrogen) atoms. The van der Waals surface area contributed by atoms with Crippen LogP contribution < -0.4 is 4.74 Å². The lowest BCUT2D eigenvalue weighted by Gasteiger charge is -2.15. The van der Waals surface area contributed by atoms with Crippen LogP contribution in [-0.4, -0.2) is 12.2 Å². The van der Waals surface area contributed by atoms with E-state index in [1.165, 1.54) is 18.4 Å². The SMILES string of the molecule is CCCCC(C)c1ccc(O)cc1OC. The van der Waals surface area contributed by atoms with Crippen molar-refractivity contribution in [2.45, 2.75) is 39.0 Å². The number of aromatic hydroxyl groups is 1. The molecule has 0 saturated carbocycles. The van der Waals surface area contributed by atoms with Gasteiger partial charge in [-0.15, -0.1) is 0 Å². The molecule has 0 aromatic heterocycles. The van der Waals surface area contributed by atoms with Crippen LogP contribution in [0.3, 0.4) is 0 Å². The molecule has 1 N–H and O–H groups in total. The van der Waals surface area contributed by atoms with Crippen molar-refractivity contribution < 1.29 is 9.84 Å². The highest BCUT2D eigenvalue weighted by Crippen LogP contribution is 2.32. The summed E-state index contributed by atoms with van der Waals surface area (Å²) < 4.78 is 5.27. The normalized spacial score (nSPS) is 12.5. The van der Waals surface area contributed by atoms with Gasteiger partial charge in [-0.2, -0.15) is 0 Å². The van der Waals surface area contributed by atoms with Gasteiger partial charge in [0.1, 0.15) is 11.5 Å². The number of unbranched alkanes of at least 4 members (excludes halogenated alkanes) is 1. The first kappa shape index (κ1) is 11.9. The van der Waals surface area contributed by atoms with Gasteiger partial charge in [-0.25, -0.2) is 0 Å². The first-order valence-electron chi connectivity index (χ1n) is 5.56. The van der Waals surface area contributed by atoms with Gasteiger partial charge in [0, 0.05) is 6.07 Å². The monoisotopic (exact) mass is 208 g/mol. The van der Waals surface area contributed by atoms with Crippen molar-refractivity contribution in [3.8, 4) is 11.5 Å². The molecule has 0 fully saturated rings. The zero-order valence-corrected chi connectivity index (χ0v) is 9.79. The van der Waals surface area contributed by atoms with E-state index in [2.05, 4.69) is 13.8 Å². The summed E-state index contributed by atoms with van der Waals surface area (Å²) in [5, 5.41) is 9.35. The lowest BCUT2D eigenvalue weighted by atomic mass is 9.94. The third-order valence-corrected chi connectivity index (χ3v) is 2.74. The largest absolute Gasteiger partial charge is 0.508 e. The summed E-state index contributed by atoms with van der Waals surface area (Å²) in [4.78, 5) is 0. The standard InChI is InChI=1S/C13H20O2/c1-4-5-6-10(2)12-8-7-11(14)9-13(12)15-3/h7-10,14H,4-6H2,1-3H3. The Morgan fingerprint density at radius 3 is 2.73 bits per heavy atom. The Morgan fingerprint density at radius 2 is 2.13 bits per heavy atom. The van der Waals surface area contributed by atoms with E-state index in [0.717, 1.165) is 12.2 Å². The number of benzene rings is 1. The molecular weight excluding hydrogens is 188 g/mol. The van der Waals surface area contributed by atoms with Gasteiger partial charge in [0.25, 0.3) is 0 Å². The second-order valence-corrected chi connectivity index (χ2v) is 3.97. The Labute approximate surface area is 91.9 Å². The van der Waals surface area contributed by atoms with Crippen LogP contribution in [0.15, 0.2) is 18.2 Å². The van der Waals surface area contributed by atoms with Gasteiger partial charge >= 0.3 is 0 Å². The van der Waals surface area contributed by atoms with E-state index in [1.54, 1.807) is 19.2 Å². The molecule has 0 bridgehead atoms. The molecule has 2 heteroatoms. The van der Waals surface area contributed by atoms with Gasteiger partial charge in [0.05, 0.1) is 7.11 Å². The molecule has 0 spiro atoms. The average Bonchev–Trinajstić information content (AvgIpc) is 2.25. The van der Waals surface area contributed by atoms with Crippen molar-refractivity contribution in [2.75, 3.05) is 7.11 Å². The number of hydrogen-bond donors (Lipinski definition) is 1. The molecular formula is C13H20O2. The molecule has 0 radical (unpaired) electrons. The van der Waals surface area contributed by atoms with Crippen LogP contribution >= 0.6 is 0 Å². The molecule has 1 unspecified atom stereocenters. The summed E-state index contributed by atoms with van der Waals surface area (Å²) in [5.74, 6) is 1.54. The Kier molecular flexibility index (Phi) is 4.47. The van der Waals surface area contributed by atoms with Crippen LogP contribution in [0, 0.1) is 0 Å². The molecule has 84 valence electrons. The first-order valence-corrected chi connectivity index (χ1v) is 5.56. The van der Waals surface area contributed by atoms with E-state index in [4.69, 9.17) is 4.74 Å². The van der Waals surface area contributed by atoms with E-state index in [1.807, 2.05) is 6.07 Å². The second kappa shape index (κ2) is 5.64. The van der Waals surface area contributed by atoms with Gasteiger partial charge in [0.15, 0.2) is 0 Å². The molecule has 0 amide bonds. The van der Waals surface area contributed by atoms with Crippen LogP contribution in [0.5, 0.6) is 11.5 Å². The fourth-order valence-corrected chi connectivity index (χ4v) is 1.77. The van der Waals surface area contributed by atoms with Crippen molar-refractivity contribution in [2.24, 2.45) is 0 Å². The minimum atomic E-state index is 0.262. The predicted molar refractivity (Wildman–Crippen MR) is 62.6 cm³/mol. The minimum absolute atomic E-state index is 0.262. The number of phenols is 1. The summed E-state index contributed by atoms with van der Waals surface area (Å²) in [6.07, 6.45) is 3.60. The summed E-state index contributed by atoms with van der Waals surface area (Å²) in [7, 11) is 1.64. The summed E-state index contributed by atoms with van der Waals surface area (Å²) in [6, 6.07) is 5.35. The Balaban J connectivity index is 2.82. The van der Waals surface area contributed by atoms with Crippen molar-refractivity contribution in [1.82, 2.24) is 0 Å². The molecule has 0 aliphatic heterocycles.